The third-order valence-electron chi connectivity index (χ3n) is 3.52. The lowest BCUT2D eigenvalue weighted by Crippen LogP contribution is -2.33. The summed E-state index contributed by atoms with van der Waals surface area (Å²) in [6, 6.07) is 0. The number of hydrogen-bond acceptors (Lipinski definition) is 5. The van der Waals surface area contributed by atoms with E-state index in [1.807, 2.05) is 16.0 Å². The summed E-state index contributed by atoms with van der Waals surface area (Å²) in [6.45, 7) is 4.56. The van der Waals surface area contributed by atoms with Crippen LogP contribution in [0.1, 0.15) is 30.3 Å². The van der Waals surface area contributed by atoms with Crippen LogP contribution in [-0.2, 0) is 4.74 Å². The van der Waals surface area contributed by atoms with Gasteiger partial charge in [-0.3, -0.25) is 9.20 Å². The number of nitrogens with zero attached hydrogens (tertiary/aromatic N) is 3. The first-order valence-corrected chi connectivity index (χ1v) is 7.48. The molecule has 1 saturated heterocycles. The summed E-state index contributed by atoms with van der Waals surface area (Å²) < 4.78 is 7.53. The molecule has 19 heavy (non-hydrogen) atoms. The van der Waals surface area contributed by atoms with Gasteiger partial charge in [0.15, 0.2) is 17.1 Å². The van der Waals surface area contributed by atoms with E-state index >= 15 is 0 Å². The van der Waals surface area contributed by atoms with Gasteiger partial charge in [0.1, 0.15) is 5.69 Å². The van der Waals surface area contributed by atoms with Crippen molar-refractivity contribution in [3.63, 3.8) is 0 Å². The summed E-state index contributed by atoms with van der Waals surface area (Å²) in [5.74, 6) is 0.778. The first kappa shape index (κ1) is 12.6. The highest BCUT2D eigenvalue weighted by Crippen LogP contribution is 2.25. The zero-order valence-electron chi connectivity index (χ0n) is 10.9. The number of rotatable bonds is 5. The minimum atomic E-state index is 0.263. The van der Waals surface area contributed by atoms with Crippen molar-refractivity contribution < 1.29 is 9.53 Å². The highest BCUT2D eigenvalue weighted by Gasteiger charge is 2.23. The molecule has 1 aliphatic rings. The summed E-state index contributed by atoms with van der Waals surface area (Å²) >= 11 is 1.54. The number of carbonyl (C=O) groups excluding carboxylic acids is 1. The van der Waals surface area contributed by atoms with Crippen LogP contribution in [0.15, 0.2) is 11.6 Å². The molecule has 1 unspecified atom stereocenters. The van der Waals surface area contributed by atoms with Crippen molar-refractivity contribution >= 4 is 28.4 Å². The van der Waals surface area contributed by atoms with Gasteiger partial charge >= 0.3 is 0 Å². The van der Waals surface area contributed by atoms with Crippen LogP contribution in [0.3, 0.4) is 0 Å². The molecule has 1 atom stereocenters. The SMILES string of the molecule is CCN(CC1CCCO1)c1nc2sccn2c1C=O. The van der Waals surface area contributed by atoms with E-state index in [0.717, 1.165) is 49.6 Å². The van der Waals surface area contributed by atoms with Gasteiger partial charge in [-0.25, -0.2) is 4.98 Å². The smallest absolute Gasteiger partial charge is 0.196 e. The Morgan fingerprint density at radius 1 is 1.68 bits per heavy atom. The quantitative estimate of drug-likeness (QED) is 0.787. The maximum Gasteiger partial charge on any atom is 0.196 e. The van der Waals surface area contributed by atoms with Crippen molar-refractivity contribution in [2.24, 2.45) is 0 Å². The summed E-state index contributed by atoms with van der Waals surface area (Å²) in [4.78, 5) is 18.9. The molecule has 0 N–H and O–H groups in total. The van der Waals surface area contributed by atoms with Crippen molar-refractivity contribution in [2.75, 3.05) is 24.6 Å². The Balaban J connectivity index is 1.90. The van der Waals surface area contributed by atoms with Gasteiger partial charge in [0.2, 0.25) is 0 Å². The van der Waals surface area contributed by atoms with Crippen LogP contribution in [0.5, 0.6) is 0 Å². The summed E-state index contributed by atoms with van der Waals surface area (Å²) in [7, 11) is 0. The lowest BCUT2D eigenvalue weighted by atomic mass is 10.2. The number of imidazole rings is 1. The molecule has 3 heterocycles. The molecule has 6 heteroatoms. The van der Waals surface area contributed by atoms with Crippen LogP contribution in [0.2, 0.25) is 0 Å². The second kappa shape index (κ2) is 5.30. The number of thiazole rings is 1. The normalized spacial score (nSPS) is 19.1. The molecule has 1 fully saturated rings. The molecule has 0 radical (unpaired) electrons. The van der Waals surface area contributed by atoms with Gasteiger partial charge in [-0.15, -0.1) is 11.3 Å². The average molecular weight is 279 g/mol. The molecule has 2 aromatic rings. The topological polar surface area (TPSA) is 46.8 Å². The molecular formula is C13H17N3O2S. The third-order valence-corrected chi connectivity index (χ3v) is 4.28. The number of fused-ring (bicyclic) bond motifs is 1. The zero-order chi connectivity index (χ0) is 13.2. The molecule has 0 spiro atoms. The Morgan fingerprint density at radius 2 is 2.58 bits per heavy atom. The molecule has 0 amide bonds. The Bertz CT molecular complexity index is 571. The number of carbonyl (C=O) groups is 1. The largest absolute Gasteiger partial charge is 0.376 e. The van der Waals surface area contributed by atoms with Crippen molar-refractivity contribution in [2.45, 2.75) is 25.9 Å². The fourth-order valence-electron chi connectivity index (χ4n) is 2.53. The molecule has 5 nitrogen and oxygen atoms in total. The summed E-state index contributed by atoms with van der Waals surface area (Å²) in [5.41, 5.74) is 0.635. The van der Waals surface area contributed by atoms with E-state index in [2.05, 4.69) is 16.8 Å². The molecule has 3 rings (SSSR count). The van der Waals surface area contributed by atoms with E-state index in [0.29, 0.717) is 5.69 Å². The zero-order valence-corrected chi connectivity index (χ0v) is 11.7. The standard InChI is InChI=1S/C13H17N3O2S/c1-2-15(8-10-4-3-6-18-10)12-11(9-17)16-5-7-19-13(16)14-12/h5,7,9-10H,2-4,6,8H2,1H3. The Morgan fingerprint density at radius 3 is 3.26 bits per heavy atom. The molecule has 2 aromatic heterocycles. The molecule has 0 bridgehead atoms. The Labute approximate surface area is 115 Å². The number of aromatic nitrogens is 2. The molecule has 1 aliphatic heterocycles. The maximum atomic E-state index is 11.3. The van der Waals surface area contributed by atoms with E-state index in [1.165, 1.54) is 0 Å². The van der Waals surface area contributed by atoms with Crippen LogP contribution < -0.4 is 4.90 Å². The minimum Gasteiger partial charge on any atom is -0.376 e. The molecule has 102 valence electrons. The number of ether oxygens (including phenoxy) is 1. The maximum absolute atomic E-state index is 11.3. The van der Waals surface area contributed by atoms with Crippen LogP contribution in [0.25, 0.3) is 4.96 Å². The van der Waals surface area contributed by atoms with E-state index in [-0.39, 0.29) is 6.10 Å². The fraction of sp³-hybridized carbons (Fsp3) is 0.538. The minimum absolute atomic E-state index is 0.263. The predicted octanol–water partition coefficient (Wildman–Crippen LogP) is 2.21. The van der Waals surface area contributed by atoms with Crippen LogP contribution in [0, 0.1) is 0 Å². The van der Waals surface area contributed by atoms with Gasteiger partial charge in [-0.05, 0) is 19.8 Å². The lowest BCUT2D eigenvalue weighted by Gasteiger charge is -2.24. The number of likely N-dealkylation sites (N-methyl/N-ethyl adjacent to an activating group) is 1. The summed E-state index contributed by atoms with van der Waals surface area (Å²) in [5, 5.41) is 1.94. The molecular weight excluding hydrogens is 262 g/mol. The first-order chi connectivity index (χ1) is 9.33. The number of hydrogen-bond donors (Lipinski definition) is 0. The van der Waals surface area contributed by atoms with Crippen LogP contribution in [0.4, 0.5) is 5.82 Å². The fourth-order valence-corrected chi connectivity index (χ4v) is 3.25. The highest BCUT2D eigenvalue weighted by molar-refractivity contribution is 7.15. The van der Waals surface area contributed by atoms with Gasteiger partial charge in [0.05, 0.1) is 6.10 Å². The van der Waals surface area contributed by atoms with E-state index in [9.17, 15) is 4.79 Å². The van der Waals surface area contributed by atoms with Crippen LogP contribution in [-0.4, -0.2) is 41.5 Å². The third kappa shape index (κ3) is 2.26. The van der Waals surface area contributed by atoms with Crippen molar-refractivity contribution in [3.05, 3.63) is 17.3 Å². The highest BCUT2D eigenvalue weighted by atomic mass is 32.1. The Kier molecular flexibility index (Phi) is 3.52. The van der Waals surface area contributed by atoms with Crippen molar-refractivity contribution in [1.82, 2.24) is 9.38 Å². The lowest BCUT2D eigenvalue weighted by molar-refractivity contribution is 0.111. The van der Waals surface area contributed by atoms with Crippen molar-refractivity contribution in [1.29, 1.82) is 0 Å². The van der Waals surface area contributed by atoms with Gasteiger partial charge < -0.3 is 9.64 Å². The second-order valence-electron chi connectivity index (χ2n) is 4.67. The molecule has 0 saturated carbocycles. The average Bonchev–Trinajstić information content (AvgIpc) is 3.11. The monoisotopic (exact) mass is 279 g/mol. The number of aldehydes is 1. The van der Waals surface area contributed by atoms with E-state index < -0.39 is 0 Å². The molecule has 0 aromatic carbocycles. The van der Waals surface area contributed by atoms with Crippen LogP contribution >= 0.6 is 11.3 Å². The van der Waals surface area contributed by atoms with Gasteiger partial charge in [0.25, 0.3) is 0 Å². The number of anilines is 1. The Hall–Kier alpha value is -1.40. The van der Waals surface area contributed by atoms with Gasteiger partial charge in [-0.2, -0.15) is 0 Å². The van der Waals surface area contributed by atoms with Gasteiger partial charge in [0, 0.05) is 31.3 Å². The van der Waals surface area contributed by atoms with Crippen molar-refractivity contribution in [3.8, 4) is 0 Å². The second-order valence-corrected chi connectivity index (χ2v) is 5.54. The predicted molar refractivity (Wildman–Crippen MR) is 75.3 cm³/mol. The van der Waals surface area contributed by atoms with Gasteiger partial charge in [-0.1, -0.05) is 0 Å². The first-order valence-electron chi connectivity index (χ1n) is 6.60. The summed E-state index contributed by atoms with van der Waals surface area (Å²) in [6.07, 6.45) is 5.26. The van der Waals surface area contributed by atoms with E-state index in [1.54, 1.807) is 11.3 Å². The molecule has 0 aliphatic carbocycles. The van der Waals surface area contributed by atoms with E-state index in [4.69, 9.17) is 4.74 Å².